The van der Waals surface area contributed by atoms with Gasteiger partial charge in [0.1, 0.15) is 24.2 Å². The summed E-state index contributed by atoms with van der Waals surface area (Å²) in [6.45, 7) is 21.3. The number of benzene rings is 7. The molecule has 7 aromatic carbocycles. The summed E-state index contributed by atoms with van der Waals surface area (Å²) >= 11 is 1.19. The van der Waals surface area contributed by atoms with Gasteiger partial charge in [0, 0.05) is 125 Å². The second-order valence-corrected chi connectivity index (χ2v) is 34.7. The number of amides is 4. The number of carbonyl (C=O) groups is 4. The Morgan fingerprint density at radius 3 is 0.615 bits per heavy atom. The molecule has 0 saturated heterocycles. The summed E-state index contributed by atoms with van der Waals surface area (Å²) in [5, 5.41) is 187. The van der Waals surface area contributed by atoms with Gasteiger partial charge in [-0.15, -0.1) is 23.5 Å². The number of carbonyl (C=O) groups excluding carboxylic acids is 4. The number of nitrogens with zero attached hydrogens (tertiary/aromatic N) is 14. The van der Waals surface area contributed by atoms with E-state index < -0.39 is 241 Å². The molecule has 0 aliphatic heterocycles. The molecule has 0 aliphatic carbocycles. The normalized spacial score (nSPS) is 11.9. The lowest BCUT2D eigenvalue weighted by atomic mass is 10.0. The predicted octanol–water partition coefficient (Wildman–Crippen LogP) is 14.5. The van der Waals surface area contributed by atoms with E-state index >= 15 is 0 Å². The summed E-state index contributed by atoms with van der Waals surface area (Å²) in [6, 6.07) is 18.4. The Balaban J connectivity index is 0.000000379. The predicted molar refractivity (Wildman–Crippen MR) is 491 cm³/mol. The maximum Gasteiger partial charge on any atom is 0.299 e. The molecule has 0 aliphatic rings. The van der Waals surface area contributed by atoms with Crippen molar-refractivity contribution in [2.75, 3.05) is 58.2 Å². The van der Waals surface area contributed by atoms with Crippen molar-refractivity contribution in [2.24, 2.45) is 0 Å². The maximum atomic E-state index is 13.0. The van der Waals surface area contributed by atoms with Crippen LogP contribution >= 0.6 is 23.5 Å². The number of nitrogens with one attached hydrogen (secondary N) is 10. The third-order valence-electron chi connectivity index (χ3n) is 17.5. The first-order valence-electron chi connectivity index (χ1n) is 39.7. The van der Waals surface area contributed by atoms with E-state index in [9.17, 15) is 161 Å². The zero-order valence-electron chi connectivity index (χ0n) is 74.1. The monoisotopic (exact) mass is 1930 g/mol. The molecule has 0 bridgehead atoms. The van der Waals surface area contributed by atoms with E-state index in [1.54, 1.807) is 62.3 Å². The van der Waals surface area contributed by atoms with E-state index in [4.69, 9.17) is 0 Å². The van der Waals surface area contributed by atoms with E-state index in [1.165, 1.54) is 30.3 Å². The Morgan fingerprint density at radius 2 is 0.430 bits per heavy atom. The largest absolute Gasteiger partial charge is 0.374 e. The van der Waals surface area contributed by atoms with E-state index in [0.717, 1.165) is 110 Å². The first-order chi connectivity index (χ1) is 62.7. The van der Waals surface area contributed by atoms with Gasteiger partial charge in [0.25, 0.3) is 79.6 Å². The highest BCUT2D eigenvalue weighted by Gasteiger charge is 2.39. The van der Waals surface area contributed by atoms with Crippen LogP contribution in [-0.2, 0) is 19.2 Å². The lowest BCUT2D eigenvalue weighted by Crippen LogP contribution is -2.49. The molecule has 4 atom stereocenters. The quantitative estimate of drug-likeness (QED) is 0.00734. The van der Waals surface area contributed by atoms with Gasteiger partial charge in [-0.1, -0.05) is 0 Å². The Bertz CT molecular complexity index is 5260. The van der Waals surface area contributed by atoms with E-state index in [2.05, 4.69) is 53.2 Å². The summed E-state index contributed by atoms with van der Waals surface area (Å²) in [5.74, 6) is -3.17. The van der Waals surface area contributed by atoms with Crippen LogP contribution < -0.4 is 53.2 Å². The van der Waals surface area contributed by atoms with Crippen LogP contribution in [0.4, 0.5) is 108 Å². The van der Waals surface area contributed by atoms with Crippen LogP contribution in [-0.4, -0.2) is 171 Å². The highest BCUT2D eigenvalue weighted by Crippen LogP contribution is 2.44. The van der Waals surface area contributed by atoms with Gasteiger partial charge in [-0.2, -0.15) is 0 Å². The van der Waals surface area contributed by atoms with Gasteiger partial charge in [-0.25, -0.2) is 0 Å². The smallest absolute Gasteiger partial charge is 0.299 e. The van der Waals surface area contributed by atoms with Crippen LogP contribution in [0.25, 0.3) is 0 Å². The van der Waals surface area contributed by atoms with Crippen molar-refractivity contribution in [3.8, 4) is 0 Å². The minimum absolute atomic E-state index is 0.0743. The Kier molecular flexibility index (Phi) is 40.8. The Morgan fingerprint density at radius 1 is 0.259 bits per heavy atom. The second kappa shape index (κ2) is 49.6. The molecule has 7 rings (SSSR count). The van der Waals surface area contributed by atoms with Gasteiger partial charge in [0.2, 0.25) is 23.6 Å². The summed E-state index contributed by atoms with van der Waals surface area (Å²) < 4.78 is 0. The SMILES string of the molecule is CC(C)(C)NC(=O)[C@H](CCCCNc1c([N+](=O)[O-])cccc1[N+](=O)[O-])Nc1c([N+](=O)[O-])cccc1[N+](=O)[O-].CC(C)(C)NC(=O)[C@H](CSc1c([N+](=O)[O-])cccc1[N+](=O)[O-])Nc1c([N+](=O)[O-])cccc1[N+](=O)[O-].CC(C)(C)NC(=O)[C@H](CSc1c([N+](=O)[O-])cccc1[N+](=O)[O-])Nc1c([N+](=O)[O-])cccc1[N+](=O)[O-].CNCCCC[C@H](Nc1c([N+](=O)[O-])cccc1[N+](=O)[O-])C(=O)NC(C)(C)C. The van der Waals surface area contributed by atoms with Crippen LogP contribution in [0.5, 0.6) is 0 Å². The minimum atomic E-state index is -1.40. The molecule has 58 heteroatoms. The number of hydrogen-bond acceptors (Lipinski definition) is 40. The molecule has 7 aromatic rings. The van der Waals surface area contributed by atoms with Crippen molar-refractivity contribution in [3.05, 3.63) is 269 Å². The average molecular weight is 1930 g/mol. The number of nitro benzene ring substituents is 14. The molecule has 0 spiro atoms. The third-order valence-corrected chi connectivity index (χ3v) is 19.9. The molecule has 0 saturated carbocycles. The molecule has 0 unspecified atom stereocenters. The molecule has 0 fully saturated rings. The van der Waals surface area contributed by atoms with Crippen molar-refractivity contribution in [2.45, 2.75) is 178 Å². The summed E-state index contributed by atoms with van der Waals surface area (Å²) in [4.78, 5) is 200. The number of anilines is 5. The zero-order chi connectivity index (χ0) is 102. The number of thioether (sulfide) groups is 2. The Labute approximate surface area is 771 Å². The summed E-state index contributed by atoms with van der Waals surface area (Å²) in [5.41, 5.74) is -12.7. The van der Waals surface area contributed by atoms with Crippen LogP contribution in [0.3, 0.4) is 0 Å². The number of unbranched alkanes of at least 4 members (excludes halogenated alkanes) is 2. The van der Waals surface area contributed by atoms with Crippen molar-refractivity contribution in [3.63, 3.8) is 0 Å². The highest BCUT2D eigenvalue weighted by atomic mass is 32.2. The third kappa shape index (κ3) is 34.5. The van der Waals surface area contributed by atoms with Gasteiger partial charge in [-0.3, -0.25) is 161 Å². The molecule has 0 heterocycles. The number of nitro groups is 14. The number of rotatable bonds is 43. The fourth-order valence-corrected chi connectivity index (χ4v) is 14.2. The fraction of sp³-hybridized carbons (Fsp3) is 0.403. The van der Waals surface area contributed by atoms with Crippen LogP contribution in [0.1, 0.15) is 122 Å². The van der Waals surface area contributed by atoms with Crippen LogP contribution in [0.15, 0.2) is 137 Å². The highest BCUT2D eigenvalue weighted by molar-refractivity contribution is 8.00. The minimum Gasteiger partial charge on any atom is -0.374 e. The maximum absolute atomic E-state index is 13.0. The molecule has 0 aromatic heterocycles. The van der Waals surface area contributed by atoms with E-state index in [-0.39, 0.29) is 46.5 Å². The standard InChI is InChI=1S/C22H27N7O9.2C19H20N6O9S.C17H27N5O5/c1-22(2,3)25-21(30)14(24-20-17(28(35)36)11-7-12-18(20)29(37)38)8-4-5-13-23-19-15(26(31)32)9-6-10-16(19)27(33)34;2*1-19(2,3)21-18(26)11(20-16-12(22(27)28)6-4-7-13(16)23(29)30)10-35-17-14(24(31)32)8-5-9-15(17)25(33)34;1-17(2,3)20-16(23)12(8-5-6-11-18-4)19-15-13(21(24)25)9-7-10-14(15)22(26)27/h6-7,9-12,14,23-24H,4-5,8,13H2,1-3H3,(H,25,30);2*4-9,11,20H,10H2,1-3H3,(H,21,26);7,9-10,12,18-19H,5-6,8,11H2,1-4H3,(H,20,23)/t14-;2*11-;12-/m0000/s1. The van der Waals surface area contributed by atoms with Crippen molar-refractivity contribution in [1.29, 1.82) is 0 Å². The topological polar surface area (TPSA) is 793 Å². The lowest BCUT2D eigenvalue weighted by molar-refractivity contribution is -0.399. The van der Waals surface area contributed by atoms with Crippen LogP contribution in [0, 0.1) is 142 Å². The first-order valence-corrected chi connectivity index (χ1v) is 41.6. The molecule has 10 N–H and O–H groups in total. The molecule has 0 radical (unpaired) electrons. The van der Waals surface area contributed by atoms with Gasteiger partial charge < -0.3 is 53.2 Å². The van der Waals surface area contributed by atoms with Crippen molar-refractivity contribution < 1.29 is 88.1 Å². The number of para-hydroxylation sites is 5. The van der Waals surface area contributed by atoms with Gasteiger partial charge in [-0.05, 0) is 178 Å². The van der Waals surface area contributed by atoms with Gasteiger partial charge >= 0.3 is 0 Å². The van der Waals surface area contributed by atoms with Crippen molar-refractivity contribution in [1.82, 2.24) is 26.6 Å². The summed E-state index contributed by atoms with van der Waals surface area (Å²) in [7, 11) is 1.82. The second-order valence-electron chi connectivity index (χ2n) is 32.6. The number of hydrogen-bond donors (Lipinski definition) is 10. The van der Waals surface area contributed by atoms with Gasteiger partial charge in [0.15, 0.2) is 38.2 Å². The lowest BCUT2D eigenvalue weighted by Gasteiger charge is -2.26. The summed E-state index contributed by atoms with van der Waals surface area (Å²) in [6.07, 6.45) is 2.51. The van der Waals surface area contributed by atoms with Crippen LogP contribution in [0.2, 0.25) is 0 Å². The average Bonchev–Trinajstić information content (AvgIpc) is 0.742. The van der Waals surface area contributed by atoms with E-state index in [1.807, 2.05) is 27.8 Å². The van der Waals surface area contributed by atoms with Gasteiger partial charge in [0.05, 0.1) is 68.9 Å². The fourth-order valence-electron chi connectivity index (χ4n) is 11.9. The molecular formula is C77H94N24O32S2. The molecule has 56 nitrogen and oxygen atoms in total. The van der Waals surface area contributed by atoms with E-state index in [0.29, 0.717) is 42.8 Å². The molecule has 726 valence electrons. The Hall–Kier alpha value is -16.3. The zero-order valence-corrected chi connectivity index (χ0v) is 75.8. The molecule has 4 amide bonds. The first kappa shape index (κ1) is 111. The molecule has 135 heavy (non-hydrogen) atoms. The molecular weight excluding hydrogens is 1840 g/mol. The van der Waals surface area contributed by atoms with Crippen molar-refractivity contribution >= 4 is 155 Å².